The van der Waals surface area contributed by atoms with Crippen LogP contribution in [0.5, 0.6) is 0 Å². The van der Waals surface area contributed by atoms with E-state index in [1.807, 2.05) is 18.2 Å². The number of morpholine rings is 1. The molecule has 0 unspecified atom stereocenters. The van der Waals surface area contributed by atoms with Gasteiger partial charge in [-0.3, -0.25) is 9.48 Å². The molecule has 2 heterocycles. The third-order valence-electron chi connectivity index (χ3n) is 3.88. The van der Waals surface area contributed by atoms with Crippen LogP contribution in [0.3, 0.4) is 0 Å². The molecule has 8 heteroatoms. The van der Waals surface area contributed by atoms with Gasteiger partial charge in [0.05, 0.1) is 25.5 Å². The molecule has 1 aliphatic rings. The molecular formula is C16H22N6O2. The van der Waals surface area contributed by atoms with Gasteiger partial charge in [0.15, 0.2) is 5.69 Å². The van der Waals surface area contributed by atoms with E-state index < -0.39 is 0 Å². The van der Waals surface area contributed by atoms with Gasteiger partial charge in [-0.2, -0.15) is 0 Å². The molecule has 0 spiro atoms. The van der Waals surface area contributed by atoms with Gasteiger partial charge < -0.3 is 20.7 Å². The number of nitrogens with zero attached hydrogens (tertiary/aromatic N) is 4. The summed E-state index contributed by atoms with van der Waals surface area (Å²) in [6.07, 6.45) is 1.54. The largest absolute Gasteiger partial charge is 0.373 e. The molecule has 1 saturated heterocycles. The van der Waals surface area contributed by atoms with Crippen molar-refractivity contribution in [2.45, 2.75) is 12.6 Å². The second-order valence-electron chi connectivity index (χ2n) is 5.64. The number of ether oxygens (including phenoxy) is 1. The molecule has 0 bridgehead atoms. The molecule has 1 atom stereocenters. The van der Waals surface area contributed by atoms with E-state index >= 15 is 0 Å². The van der Waals surface area contributed by atoms with Gasteiger partial charge >= 0.3 is 0 Å². The van der Waals surface area contributed by atoms with Crippen LogP contribution in [0.2, 0.25) is 0 Å². The van der Waals surface area contributed by atoms with Crippen LogP contribution in [0.4, 0.5) is 5.69 Å². The average molecular weight is 330 g/mol. The fourth-order valence-electron chi connectivity index (χ4n) is 2.66. The Balaban J connectivity index is 1.51. The van der Waals surface area contributed by atoms with E-state index in [1.165, 1.54) is 5.69 Å². The lowest BCUT2D eigenvalue weighted by Crippen LogP contribution is -2.47. The van der Waals surface area contributed by atoms with E-state index in [4.69, 9.17) is 10.5 Å². The molecular weight excluding hydrogens is 308 g/mol. The number of anilines is 1. The van der Waals surface area contributed by atoms with Crippen molar-refractivity contribution in [2.75, 3.05) is 37.7 Å². The Morgan fingerprint density at radius 2 is 2.21 bits per heavy atom. The molecule has 0 saturated carbocycles. The second-order valence-corrected chi connectivity index (χ2v) is 5.64. The average Bonchev–Trinajstić information content (AvgIpc) is 3.10. The summed E-state index contributed by atoms with van der Waals surface area (Å²) in [6.45, 7) is 3.66. The van der Waals surface area contributed by atoms with Gasteiger partial charge in [-0.15, -0.1) is 5.10 Å². The van der Waals surface area contributed by atoms with E-state index in [-0.39, 0.29) is 12.0 Å². The molecule has 1 aromatic heterocycles. The Kier molecular flexibility index (Phi) is 5.39. The number of rotatable bonds is 6. The lowest BCUT2D eigenvalue weighted by Gasteiger charge is -2.34. The number of hydrogen-bond acceptors (Lipinski definition) is 6. The Bertz CT molecular complexity index is 660. The predicted molar refractivity (Wildman–Crippen MR) is 89.8 cm³/mol. The molecule has 0 aliphatic carbocycles. The Morgan fingerprint density at radius 1 is 1.38 bits per heavy atom. The summed E-state index contributed by atoms with van der Waals surface area (Å²) in [5.74, 6) is -0.251. The first kappa shape index (κ1) is 16.4. The highest BCUT2D eigenvalue weighted by molar-refractivity contribution is 5.91. The lowest BCUT2D eigenvalue weighted by atomic mass is 10.2. The van der Waals surface area contributed by atoms with Crippen LogP contribution in [0.15, 0.2) is 36.5 Å². The monoisotopic (exact) mass is 330 g/mol. The quantitative estimate of drug-likeness (QED) is 0.766. The van der Waals surface area contributed by atoms with Gasteiger partial charge in [0, 0.05) is 31.9 Å². The van der Waals surface area contributed by atoms with Gasteiger partial charge in [-0.05, 0) is 12.1 Å². The molecule has 128 valence electrons. The second kappa shape index (κ2) is 7.89. The minimum Gasteiger partial charge on any atom is -0.373 e. The van der Waals surface area contributed by atoms with E-state index in [0.717, 1.165) is 13.1 Å². The van der Waals surface area contributed by atoms with Crippen molar-refractivity contribution in [1.82, 2.24) is 20.3 Å². The number of nitrogens with one attached hydrogen (secondary N) is 1. The highest BCUT2D eigenvalue weighted by Crippen LogP contribution is 2.16. The first-order valence-electron chi connectivity index (χ1n) is 8.06. The van der Waals surface area contributed by atoms with E-state index in [9.17, 15) is 4.79 Å². The van der Waals surface area contributed by atoms with Crippen LogP contribution >= 0.6 is 0 Å². The molecule has 3 N–H and O–H groups in total. The fourth-order valence-corrected chi connectivity index (χ4v) is 2.66. The normalized spacial score (nSPS) is 17.7. The van der Waals surface area contributed by atoms with E-state index in [0.29, 0.717) is 31.9 Å². The van der Waals surface area contributed by atoms with Gasteiger partial charge in [0.2, 0.25) is 0 Å². The number of hydrogen-bond donors (Lipinski definition) is 2. The Morgan fingerprint density at radius 3 is 3.00 bits per heavy atom. The maximum atomic E-state index is 12.1. The van der Waals surface area contributed by atoms with E-state index in [2.05, 4.69) is 32.7 Å². The number of benzene rings is 1. The first-order valence-corrected chi connectivity index (χ1v) is 8.06. The topological polar surface area (TPSA) is 98.3 Å². The molecule has 1 aromatic carbocycles. The Labute approximate surface area is 140 Å². The minimum atomic E-state index is -0.251. The lowest BCUT2D eigenvalue weighted by molar-refractivity contribution is 0.0396. The third kappa shape index (κ3) is 4.09. The van der Waals surface area contributed by atoms with Crippen molar-refractivity contribution in [3.8, 4) is 0 Å². The van der Waals surface area contributed by atoms with Gasteiger partial charge in [-0.1, -0.05) is 23.4 Å². The molecule has 1 aliphatic heterocycles. The highest BCUT2D eigenvalue weighted by atomic mass is 16.5. The molecule has 2 aromatic rings. The summed E-state index contributed by atoms with van der Waals surface area (Å²) in [6, 6.07) is 10.2. The van der Waals surface area contributed by atoms with Gasteiger partial charge in [-0.25, -0.2) is 0 Å². The third-order valence-corrected chi connectivity index (χ3v) is 3.88. The van der Waals surface area contributed by atoms with Crippen LogP contribution < -0.4 is 16.0 Å². The maximum Gasteiger partial charge on any atom is 0.273 e. The smallest absolute Gasteiger partial charge is 0.273 e. The molecule has 24 heavy (non-hydrogen) atoms. The van der Waals surface area contributed by atoms with Gasteiger partial charge in [0.1, 0.15) is 0 Å². The Hall–Kier alpha value is -2.45. The number of para-hydroxylation sites is 1. The SMILES string of the molecule is NCCn1cc(C(=O)NC[C@@H]2CN(c3ccccc3)CCO2)nn1. The zero-order chi connectivity index (χ0) is 16.8. The van der Waals surface area contributed by atoms with Crippen molar-refractivity contribution < 1.29 is 9.53 Å². The first-order chi connectivity index (χ1) is 11.8. The van der Waals surface area contributed by atoms with Gasteiger partial charge in [0.25, 0.3) is 5.91 Å². The van der Waals surface area contributed by atoms with Crippen LogP contribution in [0.1, 0.15) is 10.5 Å². The highest BCUT2D eigenvalue weighted by Gasteiger charge is 2.22. The van der Waals surface area contributed by atoms with Crippen LogP contribution in [0.25, 0.3) is 0 Å². The summed E-state index contributed by atoms with van der Waals surface area (Å²) in [5.41, 5.74) is 6.91. The van der Waals surface area contributed by atoms with Crippen molar-refractivity contribution in [3.63, 3.8) is 0 Å². The van der Waals surface area contributed by atoms with Crippen molar-refractivity contribution >= 4 is 11.6 Å². The van der Waals surface area contributed by atoms with Crippen LogP contribution in [-0.2, 0) is 11.3 Å². The number of nitrogens with two attached hydrogens (primary N) is 1. The molecule has 3 rings (SSSR count). The summed E-state index contributed by atoms with van der Waals surface area (Å²) in [7, 11) is 0. The minimum absolute atomic E-state index is 0.0537. The number of aromatic nitrogens is 3. The van der Waals surface area contributed by atoms with Crippen LogP contribution in [0, 0.1) is 0 Å². The number of carbonyl (C=O) groups is 1. The van der Waals surface area contributed by atoms with Crippen molar-refractivity contribution in [1.29, 1.82) is 0 Å². The summed E-state index contributed by atoms with van der Waals surface area (Å²) in [4.78, 5) is 14.4. The standard InChI is InChI=1S/C16H22N6O2/c17-6-7-22-12-15(19-20-22)16(23)18-10-14-11-21(8-9-24-14)13-4-2-1-3-5-13/h1-5,12,14H,6-11,17H2,(H,18,23)/t14-/m1/s1. The molecule has 1 fully saturated rings. The van der Waals surface area contributed by atoms with Crippen molar-refractivity contribution in [3.05, 3.63) is 42.2 Å². The molecule has 8 nitrogen and oxygen atoms in total. The zero-order valence-electron chi connectivity index (χ0n) is 13.5. The zero-order valence-corrected chi connectivity index (χ0v) is 13.5. The predicted octanol–water partition coefficient (Wildman–Crippen LogP) is -0.128. The van der Waals surface area contributed by atoms with Crippen molar-refractivity contribution in [2.24, 2.45) is 5.73 Å². The maximum absolute atomic E-state index is 12.1. The summed E-state index contributed by atoms with van der Waals surface area (Å²) >= 11 is 0. The fraction of sp³-hybridized carbons (Fsp3) is 0.438. The number of carbonyl (C=O) groups excluding carboxylic acids is 1. The molecule has 1 amide bonds. The van der Waals surface area contributed by atoms with Crippen LogP contribution in [-0.4, -0.2) is 59.8 Å². The number of amides is 1. The summed E-state index contributed by atoms with van der Waals surface area (Å²) in [5, 5.41) is 10.6. The summed E-state index contributed by atoms with van der Waals surface area (Å²) < 4.78 is 7.30. The van der Waals surface area contributed by atoms with E-state index in [1.54, 1.807) is 10.9 Å². The molecule has 0 radical (unpaired) electrons.